The summed E-state index contributed by atoms with van der Waals surface area (Å²) in [6.45, 7) is 0.573. The van der Waals surface area contributed by atoms with E-state index < -0.39 is 5.97 Å². The summed E-state index contributed by atoms with van der Waals surface area (Å²) in [7, 11) is 0. The number of carboxylic acids is 1. The Bertz CT molecular complexity index is 869. The van der Waals surface area contributed by atoms with Gasteiger partial charge in [-0.2, -0.15) is 5.10 Å². The highest BCUT2D eigenvalue weighted by Gasteiger charge is 2.14. The van der Waals surface area contributed by atoms with Crippen molar-refractivity contribution in [1.29, 1.82) is 0 Å². The van der Waals surface area contributed by atoms with E-state index in [9.17, 15) is 4.79 Å². The monoisotopic (exact) mass is 384 g/mol. The summed E-state index contributed by atoms with van der Waals surface area (Å²) in [5.41, 5.74) is 3.04. The highest BCUT2D eigenvalue weighted by atomic mass is 35.5. The lowest BCUT2D eigenvalue weighted by Crippen LogP contribution is -2.31. The fourth-order valence-electron chi connectivity index (χ4n) is 2.96. The van der Waals surface area contributed by atoms with Crippen LogP contribution in [0.25, 0.3) is 5.69 Å². The minimum absolute atomic E-state index is 0.0442. The number of carboxylic acid groups (broad SMARTS) is 1. The fourth-order valence-corrected chi connectivity index (χ4v) is 3.13. The quantitative estimate of drug-likeness (QED) is 0.590. The number of nitrogens with one attached hydrogen (secondary N) is 1. The molecule has 0 saturated carbocycles. The molecule has 3 rings (SSSR count). The molecule has 3 aromatic rings. The van der Waals surface area contributed by atoms with Crippen molar-refractivity contribution in [2.45, 2.75) is 31.8 Å². The standard InChI is InChI=1S/C20H21ClN4O2/c21-17-7-6-16(19(11-17)25-14-22-13-24-25)12-23-18(8-9-20(26)27)10-15-4-2-1-3-5-15/h1-7,11,13-14,18,23H,8-10,12H2,(H,26,27). The van der Waals surface area contributed by atoms with Crippen LogP contribution in [-0.4, -0.2) is 31.9 Å². The lowest BCUT2D eigenvalue weighted by atomic mass is 10.0. The Hall–Kier alpha value is -2.70. The van der Waals surface area contributed by atoms with Gasteiger partial charge in [0, 0.05) is 24.0 Å². The first kappa shape index (κ1) is 19.1. The lowest BCUT2D eigenvalue weighted by molar-refractivity contribution is -0.137. The van der Waals surface area contributed by atoms with Crippen molar-refractivity contribution in [2.24, 2.45) is 0 Å². The van der Waals surface area contributed by atoms with Crippen molar-refractivity contribution in [1.82, 2.24) is 20.1 Å². The Morgan fingerprint density at radius 1 is 1.22 bits per heavy atom. The van der Waals surface area contributed by atoms with Gasteiger partial charge in [0.05, 0.1) is 5.69 Å². The Morgan fingerprint density at radius 3 is 2.74 bits per heavy atom. The minimum Gasteiger partial charge on any atom is -0.481 e. The van der Waals surface area contributed by atoms with Crippen LogP contribution in [0.15, 0.2) is 61.2 Å². The molecular weight excluding hydrogens is 364 g/mol. The lowest BCUT2D eigenvalue weighted by Gasteiger charge is -2.19. The van der Waals surface area contributed by atoms with Crippen LogP contribution in [0.2, 0.25) is 5.02 Å². The third kappa shape index (κ3) is 5.64. The normalized spacial score (nSPS) is 12.0. The molecule has 1 unspecified atom stereocenters. The number of hydrogen-bond acceptors (Lipinski definition) is 4. The van der Waals surface area contributed by atoms with E-state index in [0.29, 0.717) is 18.0 Å². The van der Waals surface area contributed by atoms with Crippen LogP contribution in [0.4, 0.5) is 0 Å². The Kier molecular flexibility index (Phi) is 6.57. The van der Waals surface area contributed by atoms with Crippen molar-refractivity contribution in [3.8, 4) is 5.69 Å². The summed E-state index contributed by atoms with van der Waals surface area (Å²) in [4.78, 5) is 15.0. The van der Waals surface area contributed by atoms with Crippen LogP contribution in [0, 0.1) is 0 Å². The Labute approximate surface area is 162 Å². The Morgan fingerprint density at radius 2 is 2.04 bits per heavy atom. The zero-order valence-electron chi connectivity index (χ0n) is 14.8. The van der Waals surface area contributed by atoms with Gasteiger partial charge in [0.25, 0.3) is 0 Å². The van der Waals surface area contributed by atoms with Crippen molar-refractivity contribution < 1.29 is 9.90 Å². The van der Waals surface area contributed by atoms with E-state index in [0.717, 1.165) is 17.7 Å². The number of benzene rings is 2. The smallest absolute Gasteiger partial charge is 0.303 e. The maximum atomic E-state index is 11.0. The van der Waals surface area contributed by atoms with Crippen LogP contribution in [0.3, 0.4) is 0 Å². The van der Waals surface area contributed by atoms with Gasteiger partial charge in [0.2, 0.25) is 0 Å². The zero-order valence-corrected chi connectivity index (χ0v) is 15.5. The van der Waals surface area contributed by atoms with Crippen molar-refractivity contribution in [3.63, 3.8) is 0 Å². The molecule has 7 heteroatoms. The molecule has 0 aliphatic carbocycles. The predicted octanol–water partition coefficient (Wildman–Crippen LogP) is 3.49. The summed E-state index contributed by atoms with van der Waals surface area (Å²) < 4.78 is 1.67. The van der Waals surface area contributed by atoms with Gasteiger partial charge in [-0.25, -0.2) is 9.67 Å². The van der Waals surface area contributed by atoms with E-state index in [1.807, 2.05) is 36.4 Å². The molecule has 0 radical (unpaired) electrons. The third-order valence-corrected chi connectivity index (χ3v) is 4.56. The average Bonchev–Trinajstić information content (AvgIpc) is 3.20. The molecule has 1 heterocycles. The molecule has 6 nitrogen and oxygen atoms in total. The van der Waals surface area contributed by atoms with E-state index in [1.165, 1.54) is 11.9 Å². The summed E-state index contributed by atoms with van der Waals surface area (Å²) in [6, 6.07) is 15.7. The molecule has 27 heavy (non-hydrogen) atoms. The first-order valence-corrected chi connectivity index (χ1v) is 9.12. The number of nitrogens with zero attached hydrogens (tertiary/aromatic N) is 3. The van der Waals surface area contributed by atoms with Gasteiger partial charge < -0.3 is 10.4 Å². The van der Waals surface area contributed by atoms with E-state index in [4.69, 9.17) is 16.7 Å². The molecule has 0 saturated heterocycles. The highest BCUT2D eigenvalue weighted by molar-refractivity contribution is 6.30. The number of aliphatic carboxylic acids is 1. The van der Waals surface area contributed by atoms with Crippen LogP contribution < -0.4 is 5.32 Å². The number of aromatic nitrogens is 3. The van der Waals surface area contributed by atoms with Gasteiger partial charge in [-0.3, -0.25) is 4.79 Å². The van der Waals surface area contributed by atoms with Gasteiger partial charge in [-0.05, 0) is 36.1 Å². The predicted molar refractivity (Wildman–Crippen MR) is 104 cm³/mol. The molecule has 2 N–H and O–H groups in total. The molecule has 2 aromatic carbocycles. The van der Waals surface area contributed by atoms with E-state index in [-0.39, 0.29) is 12.5 Å². The van der Waals surface area contributed by atoms with Crippen molar-refractivity contribution in [3.05, 3.63) is 77.3 Å². The fraction of sp³-hybridized carbons (Fsp3) is 0.250. The van der Waals surface area contributed by atoms with Crippen LogP contribution >= 0.6 is 11.6 Å². The molecule has 1 atom stereocenters. The topological polar surface area (TPSA) is 80.0 Å². The number of rotatable bonds is 9. The molecule has 0 spiro atoms. The van der Waals surface area contributed by atoms with E-state index >= 15 is 0 Å². The summed E-state index contributed by atoms with van der Waals surface area (Å²) in [5, 5.41) is 17.4. The molecule has 0 amide bonds. The Balaban J connectivity index is 1.73. The molecular formula is C20H21ClN4O2. The van der Waals surface area contributed by atoms with Gasteiger partial charge in [-0.1, -0.05) is 48.0 Å². The molecule has 0 aliphatic heterocycles. The second kappa shape index (κ2) is 9.30. The van der Waals surface area contributed by atoms with Gasteiger partial charge in [0.1, 0.15) is 12.7 Å². The van der Waals surface area contributed by atoms with Crippen molar-refractivity contribution in [2.75, 3.05) is 0 Å². The SMILES string of the molecule is O=C(O)CCC(Cc1ccccc1)NCc1ccc(Cl)cc1-n1cncn1. The second-order valence-corrected chi connectivity index (χ2v) is 6.75. The maximum Gasteiger partial charge on any atom is 0.303 e. The van der Waals surface area contributed by atoms with E-state index in [2.05, 4.69) is 27.5 Å². The molecule has 140 valence electrons. The van der Waals surface area contributed by atoms with Gasteiger partial charge in [-0.15, -0.1) is 0 Å². The summed E-state index contributed by atoms with van der Waals surface area (Å²) in [6.07, 6.45) is 4.54. The maximum absolute atomic E-state index is 11.0. The first-order valence-electron chi connectivity index (χ1n) is 8.74. The zero-order chi connectivity index (χ0) is 19.1. The molecule has 0 aliphatic rings. The minimum atomic E-state index is -0.787. The molecule has 0 bridgehead atoms. The highest BCUT2D eigenvalue weighted by Crippen LogP contribution is 2.20. The summed E-state index contributed by atoms with van der Waals surface area (Å²) >= 11 is 6.14. The third-order valence-electron chi connectivity index (χ3n) is 4.33. The van der Waals surface area contributed by atoms with Crippen LogP contribution in [0.1, 0.15) is 24.0 Å². The largest absolute Gasteiger partial charge is 0.481 e. The van der Waals surface area contributed by atoms with Gasteiger partial charge in [0.15, 0.2) is 0 Å². The molecule has 1 aromatic heterocycles. The number of hydrogen-bond donors (Lipinski definition) is 2. The van der Waals surface area contributed by atoms with Crippen LogP contribution in [-0.2, 0) is 17.8 Å². The van der Waals surface area contributed by atoms with Crippen LogP contribution in [0.5, 0.6) is 0 Å². The number of halogens is 1. The molecule has 0 fully saturated rings. The summed E-state index contributed by atoms with van der Waals surface area (Å²) in [5.74, 6) is -0.787. The second-order valence-electron chi connectivity index (χ2n) is 6.31. The van der Waals surface area contributed by atoms with E-state index in [1.54, 1.807) is 11.0 Å². The average molecular weight is 385 g/mol. The number of carbonyl (C=O) groups is 1. The van der Waals surface area contributed by atoms with Gasteiger partial charge >= 0.3 is 5.97 Å². The first-order chi connectivity index (χ1) is 13.1. The van der Waals surface area contributed by atoms with Crippen molar-refractivity contribution >= 4 is 17.6 Å².